The summed E-state index contributed by atoms with van der Waals surface area (Å²) in [6.07, 6.45) is 6.28. The van der Waals surface area contributed by atoms with Gasteiger partial charge < -0.3 is 10.5 Å². The summed E-state index contributed by atoms with van der Waals surface area (Å²) in [4.78, 5) is 0. The van der Waals surface area contributed by atoms with Crippen molar-refractivity contribution in [1.29, 1.82) is 0 Å². The van der Waals surface area contributed by atoms with Crippen LogP contribution < -0.4 is 5.73 Å². The lowest BCUT2D eigenvalue weighted by atomic mass is 9.90. The Labute approximate surface area is 108 Å². The van der Waals surface area contributed by atoms with Gasteiger partial charge in [0.05, 0.1) is 12.7 Å². The fourth-order valence-corrected chi connectivity index (χ4v) is 2.61. The lowest BCUT2D eigenvalue weighted by molar-refractivity contribution is 0.0245. The fourth-order valence-electron chi connectivity index (χ4n) is 2.61. The van der Waals surface area contributed by atoms with Crippen LogP contribution in [0.5, 0.6) is 0 Å². The van der Waals surface area contributed by atoms with Gasteiger partial charge in [0.15, 0.2) is 0 Å². The van der Waals surface area contributed by atoms with Crippen LogP contribution in [0.15, 0.2) is 24.3 Å². The number of rotatable bonds is 5. The molecule has 2 nitrogen and oxygen atoms in total. The molecule has 1 aromatic carbocycles. The van der Waals surface area contributed by atoms with Crippen molar-refractivity contribution in [2.75, 3.05) is 13.2 Å². The van der Waals surface area contributed by atoms with Crippen LogP contribution >= 0.6 is 0 Å². The van der Waals surface area contributed by atoms with E-state index in [1.807, 2.05) is 6.07 Å². The maximum atomic E-state index is 13.2. The Morgan fingerprint density at radius 1 is 1.28 bits per heavy atom. The molecule has 1 fully saturated rings. The molecule has 1 aliphatic rings. The van der Waals surface area contributed by atoms with Crippen molar-refractivity contribution in [2.45, 2.75) is 38.2 Å². The van der Waals surface area contributed by atoms with Crippen molar-refractivity contribution in [1.82, 2.24) is 0 Å². The van der Waals surface area contributed by atoms with Gasteiger partial charge >= 0.3 is 0 Å². The second kappa shape index (κ2) is 6.86. The maximum Gasteiger partial charge on any atom is 0.123 e. The zero-order valence-corrected chi connectivity index (χ0v) is 10.8. The van der Waals surface area contributed by atoms with Crippen molar-refractivity contribution in [3.63, 3.8) is 0 Å². The molecule has 1 saturated carbocycles. The number of nitrogens with two attached hydrogens (primary N) is 1. The smallest absolute Gasteiger partial charge is 0.123 e. The van der Waals surface area contributed by atoms with E-state index in [1.54, 1.807) is 6.07 Å². The molecule has 18 heavy (non-hydrogen) atoms. The molecule has 0 aliphatic heterocycles. The molecule has 1 aliphatic carbocycles. The van der Waals surface area contributed by atoms with Gasteiger partial charge in [-0.15, -0.1) is 0 Å². The third kappa shape index (κ3) is 3.79. The molecule has 1 unspecified atom stereocenters. The lowest BCUT2D eigenvalue weighted by Crippen LogP contribution is -2.21. The van der Waals surface area contributed by atoms with Crippen LogP contribution in [0, 0.1) is 11.7 Å². The van der Waals surface area contributed by atoms with Crippen molar-refractivity contribution < 1.29 is 9.13 Å². The zero-order valence-electron chi connectivity index (χ0n) is 10.8. The van der Waals surface area contributed by atoms with Gasteiger partial charge in [0.1, 0.15) is 5.82 Å². The Hall–Kier alpha value is -0.930. The minimum absolute atomic E-state index is 0.178. The first kappa shape index (κ1) is 13.5. The lowest BCUT2D eigenvalue weighted by Gasteiger charge is -2.24. The van der Waals surface area contributed by atoms with E-state index in [-0.39, 0.29) is 11.9 Å². The highest BCUT2D eigenvalue weighted by Crippen LogP contribution is 2.26. The molecule has 0 heterocycles. The molecule has 0 radical (unpaired) electrons. The monoisotopic (exact) mass is 251 g/mol. The van der Waals surface area contributed by atoms with Crippen LogP contribution in [0.4, 0.5) is 4.39 Å². The van der Waals surface area contributed by atoms with E-state index in [2.05, 4.69) is 0 Å². The molecule has 1 aromatic rings. The highest BCUT2D eigenvalue weighted by molar-refractivity contribution is 5.19. The Morgan fingerprint density at radius 3 is 2.72 bits per heavy atom. The normalized spacial score (nSPS) is 18.8. The molecule has 0 bridgehead atoms. The van der Waals surface area contributed by atoms with Gasteiger partial charge in [0, 0.05) is 6.54 Å². The summed E-state index contributed by atoms with van der Waals surface area (Å²) in [7, 11) is 0. The van der Waals surface area contributed by atoms with Crippen LogP contribution in [0.25, 0.3) is 0 Å². The van der Waals surface area contributed by atoms with Gasteiger partial charge in [-0.05, 0) is 36.5 Å². The SMILES string of the molecule is NCC(OCC1CCCCC1)c1cccc(F)c1. The average molecular weight is 251 g/mol. The summed E-state index contributed by atoms with van der Waals surface area (Å²) in [5.41, 5.74) is 6.56. The highest BCUT2D eigenvalue weighted by atomic mass is 19.1. The molecule has 100 valence electrons. The molecule has 2 N–H and O–H groups in total. The van der Waals surface area contributed by atoms with E-state index < -0.39 is 0 Å². The number of hydrogen-bond donors (Lipinski definition) is 1. The van der Waals surface area contributed by atoms with Crippen LogP contribution in [0.3, 0.4) is 0 Å². The molecule has 3 heteroatoms. The van der Waals surface area contributed by atoms with Crippen molar-refractivity contribution in [3.8, 4) is 0 Å². The van der Waals surface area contributed by atoms with Crippen LogP contribution in [0.1, 0.15) is 43.8 Å². The largest absolute Gasteiger partial charge is 0.372 e. The molecule has 1 atom stereocenters. The van der Waals surface area contributed by atoms with Gasteiger partial charge in [-0.25, -0.2) is 4.39 Å². The molecule has 0 aromatic heterocycles. The van der Waals surface area contributed by atoms with Crippen molar-refractivity contribution in [2.24, 2.45) is 11.7 Å². The van der Waals surface area contributed by atoms with Crippen LogP contribution in [0.2, 0.25) is 0 Å². The maximum absolute atomic E-state index is 13.2. The number of halogens is 1. The van der Waals surface area contributed by atoms with E-state index in [9.17, 15) is 4.39 Å². The first-order chi connectivity index (χ1) is 8.79. The quantitative estimate of drug-likeness (QED) is 0.870. The third-order valence-corrected chi connectivity index (χ3v) is 3.69. The first-order valence-corrected chi connectivity index (χ1v) is 6.86. The number of benzene rings is 1. The molecular formula is C15H22FNO. The predicted octanol–water partition coefficient (Wildman–Crippen LogP) is 3.42. The van der Waals surface area contributed by atoms with Gasteiger partial charge in [0.2, 0.25) is 0 Å². The van der Waals surface area contributed by atoms with Gasteiger partial charge in [-0.1, -0.05) is 31.4 Å². The van der Waals surface area contributed by atoms with E-state index in [1.165, 1.54) is 44.2 Å². The summed E-state index contributed by atoms with van der Waals surface area (Å²) in [5, 5.41) is 0. The minimum atomic E-state index is -0.229. The summed E-state index contributed by atoms with van der Waals surface area (Å²) >= 11 is 0. The van der Waals surface area contributed by atoms with E-state index >= 15 is 0 Å². The number of hydrogen-bond acceptors (Lipinski definition) is 2. The summed E-state index contributed by atoms with van der Waals surface area (Å²) in [6, 6.07) is 6.54. The molecule has 0 saturated heterocycles. The zero-order chi connectivity index (χ0) is 12.8. The van der Waals surface area contributed by atoms with E-state index in [4.69, 9.17) is 10.5 Å². The predicted molar refractivity (Wildman–Crippen MR) is 70.7 cm³/mol. The minimum Gasteiger partial charge on any atom is -0.372 e. The van der Waals surface area contributed by atoms with E-state index in [0.717, 1.165) is 12.2 Å². The second-order valence-corrected chi connectivity index (χ2v) is 5.12. The highest BCUT2D eigenvalue weighted by Gasteiger charge is 2.17. The van der Waals surface area contributed by atoms with Gasteiger partial charge in [-0.3, -0.25) is 0 Å². The Morgan fingerprint density at radius 2 is 2.06 bits per heavy atom. The Balaban J connectivity index is 1.88. The number of ether oxygens (including phenoxy) is 1. The summed E-state index contributed by atoms with van der Waals surface area (Å²) in [6.45, 7) is 1.15. The van der Waals surface area contributed by atoms with Crippen LogP contribution in [-0.2, 0) is 4.74 Å². The van der Waals surface area contributed by atoms with E-state index in [0.29, 0.717) is 12.5 Å². The summed E-state index contributed by atoms with van der Waals surface area (Å²) < 4.78 is 19.0. The van der Waals surface area contributed by atoms with Crippen LogP contribution in [-0.4, -0.2) is 13.2 Å². The second-order valence-electron chi connectivity index (χ2n) is 5.12. The first-order valence-electron chi connectivity index (χ1n) is 6.86. The molecule has 2 rings (SSSR count). The van der Waals surface area contributed by atoms with Gasteiger partial charge in [-0.2, -0.15) is 0 Å². The van der Waals surface area contributed by atoms with Crippen molar-refractivity contribution >= 4 is 0 Å². The fraction of sp³-hybridized carbons (Fsp3) is 0.600. The standard InChI is InChI=1S/C15H22FNO/c16-14-8-4-7-13(9-14)15(10-17)18-11-12-5-2-1-3-6-12/h4,7-9,12,15H,1-3,5-6,10-11,17H2. The Bertz CT molecular complexity index is 363. The Kier molecular flexibility index (Phi) is 5.14. The summed E-state index contributed by atoms with van der Waals surface area (Å²) in [5.74, 6) is 0.425. The average Bonchev–Trinajstić information content (AvgIpc) is 2.41. The third-order valence-electron chi connectivity index (χ3n) is 3.69. The molecular weight excluding hydrogens is 229 g/mol. The molecule has 0 amide bonds. The van der Waals surface area contributed by atoms with Crippen molar-refractivity contribution in [3.05, 3.63) is 35.6 Å². The molecule has 0 spiro atoms. The topological polar surface area (TPSA) is 35.2 Å². The van der Waals surface area contributed by atoms with Gasteiger partial charge in [0.25, 0.3) is 0 Å².